The average Bonchev–Trinajstić information content (AvgIpc) is 4.30. The molecule has 1 aliphatic carbocycles. The average molecular weight is 1110 g/mol. The predicted molar refractivity (Wildman–Crippen MR) is 291 cm³/mol. The Morgan fingerprint density at radius 1 is 0.848 bits per heavy atom. The van der Waals surface area contributed by atoms with Crippen molar-refractivity contribution in [2.75, 3.05) is 49.4 Å². The van der Waals surface area contributed by atoms with E-state index in [-0.39, 0.29) is 81.2 Å². The molecule has 4 aromatic carbocycles. The zero-order chi connectivity index (χ0) is 57.0. The third-order valence-electron chi connectivity index (χ3n) is 14.4. The number of aromatic nitrogens is 1. The molecular weight excluding hydrogens is 1040 g/mol. The van der Waals surface area contributed by atoms with Crippen LogP contribution in [0.15, 0.2) is 90.4 Å². The predicted octanol–water partition coefficient (Wildman–Crippen LogP) is 11.2. The van der Waals surface area contributed by atoms with Crippen molar-refractivity contribution >= 4 is 52.1 Å². The summed E-state index contributed by atoms with van der Waals surface area (Å²) >= 11 is 1.52. The summed E-state index contributed by atoms with van der Waals surface area (Å²) < 4.78 is 71.4. The molecule has 15 nitrogen and oxygen atoms in total. The molecule has 79 heavy (non-hydrogen) atoms. The highest BCUT2D eigenvalue weighted by Crippen LogP contribution is 2.43. The van der Waals surface area contributed by atoms with Crippen molar-refractivity contribution < 1.29 is 60.8 Å². The van der Waals surface area contributed by atoms with E-state index in [2.05, 4.69) is 4.98 Å². The van der Waals surface area contributed by atoms with Gasteiger partial charge in [-0.3, -0.25) is 24.1 Å². The molecule has 0 N–H and O–H groups in total. The smallest absolute Gasteiger partial charge is 0.417 e. The Labute approximate surface area is 462 Å². The van der Waals surface area contributed by atoms with Gasteiger partial charge in [0.05, 0.1) is 83.1 Å². The van der Waals surface area contributed by atoms with Gasteiger partial charge < -0.3 is 28.6 Å². The van der Waals surface area contributed by atoms with Crippen molar-refractivity contribution in [1.29, 1.82) is 5.26 Å². The van der Waals surface area contributed by atoms with Crippen LogP contribution >= 0.6 is 11.3 Å². The first-order valence-electron chi connectivity index (χ1n) is 26.5. The van der Waals surface area contributed by atoms with E-state index < -0.39 is 58.3 Å². The fourth-order valence-electron chi connectivity index (χ4n) is 10.8. The molecular formula is C60H66F3N5O10S. The monoisotopic (exact) mass is 1110 g/mol. The number of imide groups is 1. The highest BCUT2D eigenvalue weighted by atomic mass is 32.1. The minimum atomic E-state index is -4.88. The number of urea groups is 1. The van der Waals surface area contributed by atoms with E-state index in [1.54, 1.807) is 40.7 Å². The Morgan fingerprint density at radius 2 is 1.51 bits per heavy atom. The fourth-order valence-corrected chi connectivity index (χ4v) is 11.6. The first-order chi connectivity index (χ1) is 37.5. The number of aryl methyl sites for hydroxylation is 2. The van der Waals surface area contributed by atoms with Crippen LogP contribution in [0.3, 0.4) is 0 Å². The number of halogens is 3. The van der Waals surface area contributed by atoms with Crippen molar-refractivity contribution in [3.05, 3.63) is 124 Å². The number of hydrogen-bond donors (Lipinski definition) is 0. The van der Waals surface area contributed by atoms with Crippen LogP contribution in [0, 0.1) is 36.0 Å². The van der Waals surface area contributed by atoms with Crippen LogP contribution in [0.2, 0.25) is 0 Å². The first kappa shape index (κ1) is 58.2. The number of fused-ring (bicyclic) bond motifs is 1. The molecule has 4 amide bonds. The quantitative estimate of drug-likeness (QED) is 0.0447. The Kier molecular flexibility index (Phi) is 17.8. The molecule has 3 aliphatic rings. The number of Topliss-reactive ketones (excluding diaryl/α,β-unsaturated/α-hetero) is 2. The van der Waals surface area contributed by atoms with Crippen LogP contribution in [-0.4, -0.2) is 102 Å². The summed E-state index contributed by atoms with van der Waals surface area (Å²) in [5.74, 6) is -1.31. The number of carbonyl (C=O) groups is 5. The van der Waals surface area contributed by atoms with Gasteiger partial charge in [0.2, 0.25) is 0 Å². The third kappa shape index (κ3) is 13.0. The lowest BCUT2D eigenvalue weighted by Gasteiger charge is -2.33. The van der Waals surface area contributed by atoms with Gasteiger partial charge in [-0.15, -0.1) is 11.3 Å². The molecule has 4 atom stereocenters. The van der Waals surface area contributed by atoms with E-state index in [0.29, 0.717) is 59.5 Å². The highest BCUT2D eigenvalue weighted by molar-refractivity contribution is 7.13. The summed E-state index contributed by atoms with van der Waals surface area (Å²) in [5, 5.41) is 9.20. The normalized spacial score (nSPS) is 18.6. The van der Waals surface area contributed by atoms with Crippen LogP contribution in [0.1, 0.15) is 106 Å². The van der Waals surface area contributed by atoms with E-state index in [4.69, 9.17) is 23.7 Å². The lowest BCUT2D eigenvalue weighted by atomic mass is 9.81. The molecule has 1 aromatic heterocycles. The largest absolute Gasteiger partial charge is 0.491 e. The van der Waals surface area contributed by atoms with E-state index in [1.807, 2.05) is 77.9 Å². The summed E-state index contributed by atoms with van der Waals surface area (Å²) in [6.07, 6.45) is -3.80. The van der Waals surface area contributed by atoms with Crippen molar-refractivity contribution in [3.63, 3.8) is 0 Å². The molecule has 19 heteroatoms. The lowest BCUT2D eigenvalue weighted by molar-refractivity contribution is -0.137. The van der Waals surface area contributed by atoms with Crippen molar-refractivity contribution in [2.45, 2.75) is 117 Å². The van der Waals surface area contributed by atoms with Gasteiger partial charge in [0.15, 0.2) is 5.78 Å². The number of benzene rings is 4. The third-order valence-corrected chi connectivity index (χ3v) is 15.4. The molecule has 8 rings (SSSR count). The first-order valence-corrected chi connectivity index (χ1v) is 27.3. The summed E-state index contributed by atoms with van der Waals surface area (Å²) in [5.41, 5.74) is 2.16. The van der Waals surface area contributed by atoms with Crippen molar-refractivity contribution in [1.82, 2.24) is 9.88 Å². The van der Waals surface area contributed by atoms with Gasteiger partial charge in [-0.2, -0.15) is 18.4 Å². The topological polar surface area (TPSA) is 178 Å². The van der Waals surface area contributed by atoms with Crippen LogP contribution in [0.4, 0.5) is 29.3 Å². The number of nitrogens with zero attached hydrogens (tertiary/aromatic N) is 5. The maximum Gasteiger partial charge on any atom is 0.417 e. The van der Waals surface area contributed by atoms with Crippen LogP contribution in [-0.2, 0) is 47.7 Å². The zero-order valence-electron chi connectivity index (χ0n) is 45.7. The zero-order valence-corrected chi connectivity index (χ0v) is 46.5. The number of hydrogen-bond acceptors (Lipinski definition) is 13. The Bertz CT molecular complexity index is 3110. The molecule has 0 radical (unpaired) electrons. The van der Waals surface area contributed by atoms with Gasteiger partial charge in [0.25, 0.3) is 11.8 Å². The summed E-state index contributed by atoms with van der Waals surface area (Å²) in [4.78, 5) is 79.0. The number of thiazole rings is 1. The minimum Gasteiger partial charge on any atom is -0.491 e. The summed E-state index contributed by atoms with van der Waals surface area (Å²) in [7, 11) is 0. The Morgan fingerprint density at radius 3 is 2.14 bits per heavy atom. The van der Waals surface area contributed by atoms with Crippen molar-refractivity contribution in [3.8, 4) is 28.0 Å². The van der Waals surface area contributed by atoms with E-state index in [0.717, 1.165) is 39.4 Å². The number of nitriles is 1. The fraction of sp³-hybridized carbons (Fsp3) is 0.450. The molecule has 2 fully saturated rings. The highest BCUT2D eigenvalue weighted by Gasteiger charge is 2.53. The van der Waals surface area contributed by atoms with Gasteiger partial charge in [0, 0.05) is 36.1 Å². The molecule has 5 aromatic rings. The molecule has 0 bridgehead atoms. The van der Waals surface area contributed by atoms with Gasteiger partial charge in [-0.25, -0.2) is 14.7 Å². The maximum absolute atomic E-state index is 14.8. The molecule has 2 unspecified atom stereocenters. The number of alkyl halides is 3. The second kappa shape index (κ2) is 24.2. The molecule has 2 aliphatic heterocycles. The minimum absolute atomic E-state index is 0.0256. The molecule has 418 valence electrons. The van der Waals surface area contributed by atoms with E-state index in [1.165, 1.54) is 36.2 Å². The lowest BCUT2D eigenvalue weighted by Crippen LogP contribution is -2.48. The van der Waals surface area contributed by atoms with Gasteiger partial charge in [0.1, 0.15) is 36.0 Å². The number of ether oxygens (including phenoxy) is 5. The Balaban J connectivity index is 0.821. The Hall–Kier alpha value is -6.98. The number of anilines is 2. The second-order valence-corrected chi connectivity index (χ2v) is 22.7. The maximum atomic E-state index is 14.8. The van der Waals surface area contributed by atoms with Crippen molar-refractivity contribution in [2.24, 2.45) is 17.8 Å². The van der Waals surface area contributed by atoms with Crippen LogP contribution in [0.5, 0.6) is 11.5 Å². The van der Waals surface area contributed by atoms with Crippen LogP contribution < -0.4 is 19.3 Å². The van der Waals surface area contributed by atoms with E-state index >= 15 is 0 Å². The molecule has 1 saturated carbocycles. The van der Waals surface area contributed by atoms with Gasteiger partial charge in [-0.05, 0) is 138 Å². The van der Waals surface area contributed by atoms with Crippen LogP contribution in [0.25, 0.3) is 10.4 Å². The SMILES string of the molecule is Cc1ncsc1-c1ccc(CCC(=O)[C@@H]2C[C@H](OC(C)(C)C)CC2C(=O)C(C(C)C)N2Cc3ccccc3C2=O)c(OCCOCCOCCOc2ccc(N3C(=O)N(c4ccc(C#N)c(C(F)(F)F)c4)C(=O)C3(C)C)cc2)c1. The summed E-state index contributed by atoms with van der Waals surface area (Å²) in [6.45, 7) is 16.5. The molecule has 3 heterocycles. The number of amides is 4. The standard InChI is InChI=1S/C60H66F3N5O10S/c1-36(2)52(66-34-41-11-9-10-12-46(41)55(66)71)53(70)48-32-45(78-58(4,5)6)31-47(48)50(69)22-16-38-13-14-39(54-37(3)65-35-79-54)29-51(38)77-28-26-75-24-23-74-25-27-76-44-20-18-42(19-21-44)68-57(73)67(56(72)59(68,7)8)43-17-15-40(33-64)49(30-43)60(61,62)63/h9-15,17-21,29-30,35-36,45,47-48,52H,16,22-28,31-32,34H2,1-8H3/t45-,47+,48?,52?/m0/s1. The number of carbonyl (C=O) groups excluding carboxylic acids is 5. The second-order valence-electron chi connectivity index (χ2n) is 21.8. The number of ketones is 2. The summed E-state index contributed by atoms with van der Waals surface area (Å²) in [6, 6.07) is 22.4. The van der Waals surface area contributed by atoms with Gasteiger partial charge in [-0.1, -0.05) is 44.2 Å². The van der Waals surface area contributed by atoms with E-state index in [9.17, 15) is 42.4 Å². The molecule has 0 spiro atoms. The molecule has 1 saturated heterocycles. The number of rotatable bonds is 23. The van der Waals surface area contributed by atoms with Gasteiger partial charge >= 0.3 is 12.2 Å².